The summed E-state index contributed by atoms with van der Waals surface area (Å²) in [5.74, 6) is 0. The van der Waals surface area contributed by atoms with Crippen LogP contribution >= 0.6 is 0 Å². The molecule has 0 atom stereocenters. The summed E-state index contributed by atoms with van der Waals surface area (Å²) in [6, 6.07) is 18.1. The topological polar surface area (TPSA) is 60.7 Å². The number of carbonyl (C=O) groups is 1. The second-order valence-electron chi connectivity index (χ2n) is 5.48. The van der Waals surface area contributed by atoms with Gasteiger partial charge < -0.3 is 0 Å². The lowest BCUT2D eigenvalue weighted by atomic mass is 10.0. The van der Waals surface area contributed by atoms with E-state index in [9.17, 15) is 4.79 Å². The van der Waals surface area contributed by atoms with E-state index in [4.69, 9.17) is 0 Å². The van der Waals surface area contributed by atoms with Crippen LogP contribution in [-0.4, -0.2) is 26.3 Å². The fourth-order valence-electron chi connectivity index (χ4n) is 2.91. The van der Waals surface area contributed by atoms with E-state index in [1.54, 1.807) is 17.1 Å². The molecule has 0 bridgehead atoms. The number of fused-ring (bicyclic) bond motifs is 1. The van der Waals surface area contributed by atoms with Crippen molar-refractivity contribution in [2.75, 3.05) is 0 Å². The summed E-state index contributed by atoms with van der Waals surface area (Å²) < 4.78 is 1.75. The monoisotopic (exact) mass is 314 g/mol. The first-order chi connectivity index (χ1) is 11.9. The minimum absolute atomic E-state index is 0.322. The van der Waals surface area contributed by atoms with Crippen molar-refractivity contribution in [3.8, 4) is 11.3 Å². The van der Waals surface area contributed by atoms with Crippen LogP contribution in [0.2, 0.25) is 0 Å². The molecule has 0 saturated carbocycles. The molecule has 0 fully saturated rings. The summed E-state index contributed by atoms with van der Waals surface area (Å²) in [7, 11) is 0. The number of carbonyl (C=O) groups excluding carboxylic acids is 1. The van der Waals surface area contributed by atoms with Crippen LogP contribution in [-0.2, 0) is 6.54 Å². The van der Waals surface area contributed by atoms with Gasteiger partial charge in [-0.3, -0.25) is 9.78 Å². The first-order valence-electron chi connectivity index (χ1n) is 7.62. The first kappa shape index (κ1) is 14.3. The molecule has 0 spiro atoms. The van der Waals surface area contributed by atoms with Gasteiger partial charge >= 0.3 is 0 Å². The normalized spacial score (nSPS) is 10.8. The Morgan fingerprint density at radius 3 is 2.71 bits per heavy atom. The highest BCUT2D eigenvalue weighted by Crippen LogP contribution is 2.24. The maximum Gasteiger partial charge on any atom is 0.172 e. The van der Waals surface area contributed by atoms with E-state index in [1.165, 1.54) is 10.8 Å². The number of rotatable bonds is 4. The van der Waals surface area contributed by atoms with E-state index in [2.05, 4.69) is 39.6 Å². The highest BCUT2D eigenvalue weighted by molar-refractivity contribution is 5.86. The van der Waals surface area contributed by atoms with Crippen molar-refractivity contribution in [3.05, 3.63) is 78.2 Å². The summed E-state index contributed by atoms with van der Waals surface area (Å²) in [6.07, 6.45) is 4.14. The van der Waals surface area contributed by atoms with Crippen molar-refractivity contribution in [1.29, 1.82) is 0 Å². The predicted octanol–water partition coefficient (Wildman–Crippen LogP) is 3.35. The summed E-state index contributed by atoms with van der Waals surface area (Å²) in [6.45, 7) is 0.534. The Labute approximate surface area is 138 Å². The molecule has 24 heavy (non-hydrogen) atoms. The summed E-state index contributed by atoms with van der Waals surface area (Å²) >= 11 is 0. The fourth-order valence-corrected chi connectivity index (χ4v) is 2.91. The zero-order valence-corrected chi connectivity index (χ0v) is 12.8. The lowest BCUT2D eigenvalue weighted by Crippen LogP contribution is -2.05. The Bertz CT molecular complexity index is 1000. The third-order valence-corrected chi connectivity index (χ3v) is 4.01. The van der Waals surface area contributed by atoms with E-state index in [-0.39, 0.29) is 0 Å². The Hall–Kier alpha value is -3.34. The summed E-state index contributed by atoms with van der Waals surface area (Å²) in [5, 5.41) is 10.5. The van der Waals surface area contributed by atoms with E-state index >= 15 is 0 Å². The standard InChI is InChI=1S/C19H14N4O/c24-13-18-19(15-8-4-10-20-11-15)23(22-21-18)12-16-7-3-6-14-5-1-2-9-17(14)16/h1-11,13H,12H2. The molecule has 0 aliphatic rings. The van der Waals surface area contributed by atoms with Gasteiger partial charge in [-0.2, -0.15) is 0 Å². The number of aromatic nitrogens is 4. The molecule has 116 valence electrons. The van der Waals surface area contributed by atoms with Crippen LogP contribution in [0.3, 0.4) is 0 Å². The van der Waals surface area contributed by atoms with Gasteiger partial charge in [-0.05, 0) is 28.5 Å². The van der Waals surface area contributed by atoms with E-state index in [0.29, 0.717) is 17.9 Å². The van der Waals surface area contributed by atoms with E-state index in [1.807, 2.05) is 30.3 Å². The van der Waals surface area contributed by atoms with Crippen molar-refractivity contribution in [1.82, 2.24) is 20.0 Å². The molecule has 0 aliphatic carbocycles. The smallest absolute Gasteiger partial charge is 0.172 e. The largest absolute Gasteiger partial charge is 0.296 e. The van der Waals surface area contributed by atoms with Crippen LogP contribution in [0.15, 0.2) is 67.0 Å². The minimum Gasteiger partial charge on any atom is -0.296 e. The van der Waals surface area contributed by atoms with Crippen LogP contribution < -0.4 is 0 Å². The Balaban J connectivity index is 1.83. The molecular formula is C19H14N4O. The molecule has 0 amide bonds. The number of nitrogens with zero attached hydrogens (tertiary/aromatic N) is 4. The molecule has 4 rings (SSSR count). The van der Waals surface area contributed by atoms with Gasteiger partial charge in [0.2, 0.25) is 0 Å². The van der Waals surface area contributed by atoms with Crippen LogP contribution in [0.4, 0.5) is 0 Å². The zero-order chi connectivity index (χ0) is 16.4. The van der Waals surface area contributed by atoms with Crippen LogP contribution in [0, 0.1) is 0 Å². The number of aldehydes is 1. The maximum atomic E-state index is 11.3. The minimum atomic E-state index is 0.322. The van der Waals surface area contributed by atoms with Crippen LogP contribution in [0.1, 0.15) is 16.1 Å². The zero-order valence-electron chi connectivity index (χ0n) is 12.8. The van der Waals surface area contributed by atoms with Crippen molar-refractivity contribution in [3.63, 3.8) is 0 Å². The third kappa shape index (κ3) is 2.46. The molecule has 5 heteroatoms. The molecule has 2 aromatic heterocycles. The van der Waals surface area contributed by atoms with Gasteiger partial charge in [0.25, 0.3) is 0 Å². The fraction of sp³-hybridized carbons (Fsp3) is 0.0526. The van der Waals surface area contributed by atoms with Gasteiger partial charge in [-0.15, -0.1) is 5.10 Å². The van der Waals surface area contributed by atoms with Gasteiger partial charge in [0.1, 0.15) is 5.69 Å². The molecule has 2 aromatic carbocycles. The number of hydrogen-bond acceptors (Lipinski definition) is 4. The van der Waals surface area contributed by atoms with Crippen molar-refractivity contribution in [2.24, 2.45) is 0 Å². The van der Waals surface area contributed by atoms with Crippen molar-refractivity contribution in [2.45, 2.75) is 6.54 Å². The lowest BCUT2D eigenvalue weighted by molar-refractivity contribution is 0.111. The van der Waals surface area contributed by atoms with E-state index < -0.39 is 0 Å². The highest BCUT2D eigenvalue weighted by atomic mass is 16.1. The Morgan fingerprint density at radius 1 is 1.00 bits per heavy atom. The molecule has 5 nitrogen and oxygen atoms in total. The molecular weight excluding hydrogens is 300 g/mol. The predicted molar refractivity (Wildman–Crippen MR) is 91.7 cm³/mol. The lowest BCUT2D eigenvalue weighted by Gasteiger charge is -2.09. The second kappa shape index (κ2) is 6.04. The van der Waals surface area contributed by atoms with Gasteiger partial charge in [-0.1, -0.05) is 47.7 Å². The molecule has 0 saturated heterocycles. The van der Waals surface area contributed by atoms with Gasteiger partial charge in [-0.25, -0.2) is 4.68 Å². The van der Waals surface area contributed by atoms with Gasteiger partial charge in [0, 0.05) is 18.0 Å². The van der Waals surface area contributed by atoms with E-state index in [0.717, 1.165) is 17.4 Å². The maximum absolute atomic E-state index is 11.3. The summed E-state index contributed by atoms with van der Waals surface area (Å²) in [5.41, 5.74) is 2.96. The SMILES string of the molecule is O=Cc1nnn(Cc2cccc3ccccc23)c1-c1cccnc1. The average molecular weight is 314 g/mol. The van der Waals surface area contributed by atoms with Crippen LogP contribution in [0.5, 0.6) is 0 Å². The number of hydrogen-bond donors (Lipinski definition) is 0. The average Bonchev–Trinajstić information content (AvgIpc) is 3.05. The summed E-state index contributed by atoms with van der Waals surface area (Å²) in [4.78, 5) is 15.5. The highest BCUT2D eigenvalue weighted by Gasteiger charge is 2.15. The second-order valence-corrected chi connectivity index (χ2v) is 5.48. The van der Waals surface area contributed by atoms with Crippen molar-refractivity contribution >= 4 is 17.1 Å². The van der Waals surface area contributed by atoms with Crippen LogP contribution in [0.25, 0.3) is 22.0 Å². The number of benzene rings is 2. The number of pyridine rings is 1. The molecule has 2 heterocycles. The first-order valence-corrected chi connectivity index (χ1v) is 7.62. The molecule has 0 aliphatic heterocycles. The third-order valence-electron chi connectivity index (χ3n) is 4.01. The molecule has 0 N–H and O–H groups in total. The van der Waals surface area contributed by atoms with Crippen molar-refractivity contribution < 1.29 is 4.79 Å². The Morgan fingerprint density at radius 2 is 1.88 bits per heavy atom. The molecule has 4 aromatic rings. The molecule has 0 radical (unpaired) electrons. The quantitative estimate of drug-likeness (QED) is 0.542. The van der Waals surface area contributed by atoms with Gasteiger partial charge in [0.15, 0.2) is 12.0 Å². The Kier molecular flexibility index (Phi) is 3.59. The van der Waals surface area contributed by atoms with Gasteiger partial charge in [0.05, 0.1) is 6.54 Å². The molecule has 0 unspecified atom stereocenters.